The Hall–Kier alpha value is -4.80. The van der Waals surface area contributed by atoms with Crippen molar-refractivity contribution < 1.29 is 57.0 Å². The lowest BCUT2D eigenvalue weighted by atomic mass is 9.81. The van der Waals surface area contributed by atoms with Crippen LogP contribution in [0.3, 0.4) is 0 Å². The first-order valence-electron chi connectivity index (χ1n) is 19.9. The lowest BCUT2D eigenvalue weighted by Crippen LogP contribution is -2.68. The summed E-state index contributed by atoms with van der Waals surface area (Å²) >= 11 is 0. The molecule has 0 saturated carbocycles. The molecule has 1 heterocycles. The third-order valence-corrected chi connectivity index (χ3v) is 9.71. The van der Waals surface area contributed by atoms with Gasteiger partial charge in [-0.2, -0.15) is 0 Å². The fraction of sp³-hybridized carbons (Fsp3) is 0.404. The second kappa shape index (κ2) is 25.7. The normalized spacial score (nSPS) is 19.9. The summed E-state index contributed by atoms with van der Waals surface area (Å²) in [6.45, 7) is 5.74. The van der Waals surface area contributed by atoms with Crippen LogP contribution in [0.1, 0.15) is 42.0 Å². The molecular formula is C47H57NO12. The van der Waals surface area contributed by atoms with Gasteiger partial charge in [-0.1, -0.05) is 127 Å². The third-order valence-electron chi connectivity index (χ3n) is 9.71. The van der Waals surface area contributed by atoms with Crippen LogP contribution in [0.5, 0.6) is 0 Å². The second-order valence-electron chi connectivity index (χ2n) is 14.2. The number of carbonyl (C=O) groups is 2. The number of nitrogens with one attached hydrogen (secondary N) is 1. The summed E-state index contributed by atoms with van der Waals surface area (Å²) in [6, 6.07) is 37.8. The SMILES string of the molecule is C=CC[C@@]1(C(=O)OC)C[C@H](OCOCc2ccccc2)[C@@H](NC(C)=O)[C@H]([C@H](OCOCc2ccccc2)[C@@H](COCOCc2ccccc2)OCOCc2ccccc2)O1. The summed E-state index contributed by atoms with van der Waals surface area (Å²) in [4.78, 5) is 26.8. The largest absolute Gasteiger partial charge is 0.467 e. The van der Waals surface area contributed by atoms with Crippen molar-refractivity contribution in [1.29, 1.82) is 0 Å². The molecule has 13 heteroatoms. The van der Waals surface area contributed by atoms with Crippen molar-refractivity contribution in [1.82, 2.24) is 5.32 Å². The Morgan fingerprint density at radius 2 is 1.17 bits per heavy atom. The molecule has 4 aromatic carbocycles. The summed E-state index contributed by atoms with van der Waals surface area (Å²) in [5.41, 5.74) is 2.22. The summed E-state index contributed by atoms with van der Waals surface area (Å²) in [7, 11) is 1.29. The van der Waals surface area contributed by atoms with Gasteiger partial charge in [0.05, 0.1) is 52.3 Å². The predicted octanol–water partition coefficient (Wildman–Crippen LogP) is 6.64. The maximum Gasteiger partial charge on any atom is 0.338 e. The van der Waals surface area contributed by atoms with E-state index in [1.54, 1.807) is 6.08 Å². The summed E-state index contributed by atoms with van der Waals surface area (Å²) < 4.78 is 61.4. The molecule has 1 fully saturated rings. The highest BCUT2D eigenvalue weighted by atomic mass is 16.7. The molecule has 0 aliphatic carbocycles. The lowest BCUT2D eigenvalue weighted by Gasteiger charge is -2.49. The van der Waals surface area contributed by atoms with Gasteiger partial charge in [-0.05, 0) is 22.3 Å². The van der Waals surface area contributed by atoms with E-state index in [1.807, 2.05) is 121 Å². The Balaban J connectivity index is 1.44. The average Bonchev–Trinajstić information content (AvgIpc) is 3.28. The maximum absolute atomic E-state index is 13.8. The van der Waals surface area contributed by atoms with Gasteiger partial charge < -0.3 is 52.7 Å². The smallest absolute Gasteiger partial charge is 0.338 e. The molecule has 1 saturated heterocycles. The van der Waals surface area contributed by atoms with Crippen LogP contribution in [0.4, 0.5) is 0 Å². The number of rotatable bonds is 27. The molecule has 60 heavy (non-hydrogen) atoms. The van der Waals surface area contributed by atoms with Gasteiger partial charge in [0.2, 0.25) is 5.91 Å². The zero-order valence-electron chi connectivity index (χ0n) is 34.4. The second-order valence-corrected chi connectivity index (χ2v) is 14.2. The molecule has 0 spiro atoms. The number of benzene rings is 4. The number of esters is 1. The van der Waals surface area contributed by atoms with Crippen LogP contribution in [0.2, 0.25) is 0 Å². The van der Waals surface area contributed by atoms with Gasteiger partial charge in [0, 0.05) is 19.8 Å². The highest BCUT2D eigenvalue weighted by Gasteiger charge is 2.56. The molecule has 322 valence electrons. The molecule has 5 rings (SSSR count). The number of ether oxygens (including phenoxy) is 10. The predicted molar refractivity (Wildman–Crippen MR) is 222 cm³/mol. The van der Waals surface area contributed by atoms with Crippen LogP contribution >= 0.6 is 0 Å². The molecule has 4 aromatic rings. The molecule has 0 radical (unpaired) electrons. The van der Waals surface area contributed by atoms with Crippen molar-refractivity contribution in [3.8, 4) is 0 Å². The summed E-state index contributed by atoms with van der Waals surface area (Å²) in [5, 5.41) is 3.02. The van der Waals surface area contributed by atoms with E-state index in [1.165, 1.54) is 14.0 Å². The summed E-state index contributed by atoms with van der Waals surface area (Å²) in [6.07, 6.45) is -2.34. The highest BCUT2D eigenvalue weighted by Crippen LogP contribution is 2.38. The van der Waals surface area contributed by atoms with E-state index < -0.39 is 42.0 Å². The first-order valence-corrected chi connectivity index (χ1v) is 19.9. The lowest BCUT2D eigenvalue weighted by molar-refractivity contribution is -0.271. The molecule has 0 bridgehead atoms. The van der Waals surface area contributed by atoms with Gasteiger partial charge in [0.1, 0.15) is 45.5 Å². The minimum Gasteiger partial charge on any atom is -0.467 e. The Kier molecular flexibility index (Phi) is 19.8. The van der Waals surface area contributed by atoms with Crippen molar-refractivity contribution in [2.24, 2.45) is 0 Å². The molecule has 0 unspecified atom stereocenters. The van der Waals surface area contributed by atoms with Gasteiger partial charge in [-0.15, -0.1) is 6.58 Å². The highest BCUT2D eigenvalue weighted by molar-refractivity contribution is 5.80. The Morgan fingerprint density at radius 3 is 1.63 bits per heavy atom. The quantitative estimate of drug-likeness (QED) is 0.0299. The minimum absolute atomic E-state index is 0.00536. The van der Waals surface area contributed by atoms with Crippen molar-refractivity contribution in [2.75, 3.05) is 40.9 Å². The standard InChI is InChI=1S/C47H57NO12/c1-4-25-47(46(50)51-3)26-41(57-33-53-28-38-19-11-6-12-20-38)43(48-36(2)49)45(60-47)44(59-35-55-30-40-23-15-8-16-24-40)42(58-34-54-29-39-21-13-7-14-22-39)31-56-32-52-27-37-17-9-5-10-18-37/h4-24,41-45H,1,25-35H2,2-3H3,(H,48,49)/t41-,42+,43+,44+,45+,47-/m0/s1. The van der Waals surface area contributed by atoms with Crippen LogP contribution in [0.15, 0.2) is 134 Å². The third kappa shape index (κ3) is 15.0. The fourth-order valence-electron chi connectivity index (χ4n) is 6.86. The molecule has 0 aromatic heterocycles. The molecule has 13 nitrogen and oxygen atoms in total. The number of hydrogen-bond acceptors (Lipinski definition) is 12. The summed E-state index contributed by atoms with van der Waals surface area (Å²) in [5.74, 6) is -1.02. The van der Waals surface area contributed by atoms with Gasteiger partial charge in [0.15, 0.2) is 5.60 Å². The van der Waals surface area contributed by atoms with Crippen molar-refractivity contribution in [3.63, 3.8) is 0 Å². The van der Waals surface area contributed by atoms with E-state index in [0.717, 1.165) is 22.3 Å². The van der Waals surface area contributed by atoms with Gasteiger partial charge >= 0.3 is 5.97 Å². The van der Waals surface area contributed by atoms with E-state index in [9.17, 15) is 9.59 Å². The van der Waals surface area contributed by atoms with Crippen molar-refractivity contribution in [3.05, 3.63) is 156 Å². The first-order chi connectivity index (χ1) is 29.4. The van der Waals surface area contributed by atoms with Gasteiger partial charge in [0.25, 0.3) is 0 Å². The van der Waals surface area contributed by atoms with Crippen LogP contribution in [0, 0.1) is 0 Å². The Bertz CT molecular complexity index is 1800. The zero-order valence-corrected chi connectivity index (χ0v) is 34.4. The van der Waals surface area contributed by atoms with Crippen molar-refractivity contribution in [2.45, 2.75) is 82.3 Å². The number of methoxy groups -OCH3 is 1. The van der Waals surface area contributed by atoms with Crippen molar-refractivity contribution >= 4 is 11.9 Å². The van der Waals surface area contributed by atoms with Crippen LogP contribution in [-0.4, -0.2) is 88.8 Å². The van der Waals surface area contributed by atoms with Gasteiger partial charge in [-0.25, -0.2) is 4.79 Å². The maximum atomic E-state index is 13.8. The minimum atomic E-state index is -1.60. The zero-order chi connectivity index (χ0) is 42.3. The number of hydrogen-bond donors (Lipinski definition) is 1. The molecular weight excluding hydrogens is 771 g/mol. The Morgan fingerprint density at radius 1 is 0.700 bits per heavy atom. The first kappa shape index (κ1) is 46.3. The van der Waals surface area contributed by atoms with E-state index in [2.05, 4.69) is 11.9 Å². The topological polar surface area (TPSA) is 138 Å². The molecule has 1 aliphatic heterocycles. The molecule has 1 amide bonds. The van der Waals surface area contributed by atoms with E-state index in [-0.39, 0.29) is 72.3 Å². The number of carbonyl (C=O) groups excluding carboxylic acids is 2. The average molecular weight is 828 g/mol. The van der Waals surface area contributed by atoms with E-state index in [0.29, 0.717) is 6.61 Å². The monoisotopic (exact) mass is 827 g/mol. The Labute approximate surface area is 352 Å². The van der Waals surface area contributed by atoms with E-state index in [4.69, 9.17) is 47.4 Å². The molecule has 1 N–H and O–H groups in total. The van der Waals surface area contributed by atoms with Crippen LogP contribution < -0.4 is 5.32 Å². The van der Waals surface area contributed by atoms with Gasteiger partial charge in [-0.3, -0.25) is 4.79 Å². The van der Waals surface area contributed by atoms with Crippen LogP contribution in [-0.2, 0) is 83.4 Å². The molecule has 1 aliphatic rings. The number of amides is 1. The fourth-order valence-corrected chi connectivity index (χ4v) is 6.86. The molecule has 6 atom stereocenters. The van der Waals surface area contributed by atoms with Crippen LogP contribution in [0.25, 0.3) is 0 Å². The van der Waals surface area contributed by atoms with E-state index >= 15 is 0 Å².